The summed E-state index contributed by atoms with van der Waals surface area (Å²) in [5.74, 6) is 0. The van der Waals surface area contributed by atoms with Crippen LogP contribution in [0.25, 0.3) is 0 Å². The van der Waals surface area contributed by atoms with Crippen LogP contribution in [0.5, 0.6) is 0 Å². The molecule has 1 aromatic carbocycles. The zero-order chi connectivity index (χ0) is 12.2. The molecule has 0 aliphatic rings. The molecule has 0 spiro atoms. The van der Waals surface area contributed by atoms with Crippen molar-refractivity contribution in [1.29, 1.82) is 5.26 Å². The van der Waals surface area contributed by atoms with E-state index >= 15 is 0 Å². The number of hydrogen-bond acceptors (Lipinski definition) is 3. The van der Waals surface area contributed by atoms with E-state index in [1.807, 2.05) is 13.8 Å². The molecule has 0 aliphatic carbocycles. The highest BCUT2D eigenvalue weighted by Gasteiger charge is 2.29. The van der Waals surface area contributed by atoms with Crippen LogP contribution in [0.3, 0.4) is 0 Å². The number of benzene rings is 1. The fourth-order valence-electron chi connectivity index (χ4n) is 1.64. The average molecular weight is 218 g/mol. The molecule has 0 fully saturated rings. The van der Waals surface area contributed by atoms with Gasteiger partial charge in [-0.15, -0.1) is 0 Å². The normalized spacial score (nSPS) is 16.2. The topological polar surface area (TPSA) is 56.0 Å². The van der Waals surface area contributed by atoms with Crippen LogP contribution in [0.15, 0.2) is 24.3 Å². The first-order valence-electron chi connectivity index (χ1n) is 5.48. The molecular formula is C13H18N2O. The molecule has 0 aliphatic heterocycles. The first-order chi connectivity index (χ1) is 7.52. The quantitative estimate of drug-likeness (QED) is 0.809. The number of likely N-dealkylation sites (N-methyl/N-ethyl adjacent to an activating group) is 1. The predicted octanol–water partition coefficient (Wildman–Crippen LogP) is 1.76. The van der Waals surface area contributed by atoms with Gasteiger partial charge in [0.05, 0.1) is 11.6 Å². The molecule has 1 rings (SSSR count). The molecule has 1 aromatic rings. The Labute approximate surface area is 96.7 Å². The first kappa shape index (κ1) is 12.7. The number of rotatable bonds is 4. The van der Waals surface area contributed by atoms with Crippen LogP contribution in [0.2, 0.25) is 0 Å². The van der Waals surface area contributed by atoms with Crippen molar-refractivity contribution >= 4 is 0 Å². The van der Waals surface area contributed by atoms with Gasteiger partial charge in [0, 0.05) is 6.04 Å². The van der Waals surface area contributed by atoms with Crippen molar-refractivity contribution in [3.8, 4) is 6.07 Å². The minimum atomic E-state index is -0.927. The first-order valence-corrected chi connectivity index (χ1v) is 5.48. The highest BCUT2D eigenvalue weighted by atomic mass is 16.3. The highest BCUT2D eigenvalue weighted by Crippen LogP contribution is 2.24. The summed E-state index contributed by atoms with van der Waals surface area (Å²) in [6.45, 7) is 6.54. The number of nitrogens with zero attached hydrogens (tertiary/aromatic N) is 1. The molecule has 0 aromatic heterocycles. The van der Waals surface area contributed by atoms with Crippen LogP contribution in [0, 0.1) is 11.3 Å². The maximum Gasteiger partial charge on any atom is 0.102 e. The molecular weight excluding hydrogens is 200 g/mol. The Hall–Kier alpha value is -1.37. The van der Waals surface area contributed by atoms with Crippen molar-refractivity contribution in [1.82, 2.24) is 5.32 Å². The van der Waals surface area contributed by atoms with Crippen LogP contribution >= 0.6 is 0 Å². The van der Waals surface area contributed by atoms with Gasteiger partial charge >= 0.3 is 0 Å². The third-order valence-electron chi connectivity index (χ3n) is 2.95. The summed E-state index contributed by atoms with van der Waals surface area (Å²) in [6, 6.07) is 9.07. The standard InChI is InChI=1S/C13H18N2O/c1-4-15-10(2)13(3,16)12-7-5-11(9-14)6-8-12/h5-8,10,15-16H,4H2,1-3H3. The Kier molecular flexibility index (Phi) is 4.05. The van der Waals surface area contributed by atoms with Gasteiger partial charge in [-0.25, -0.2) is 0 Å². The van der Waals surface area contributed by atoms with Crippen molar-refractivity contribution in [2.45, 2.75) is 32.4 Å². The molecule has 16 heavy (non-hydrogen) atoms. The monoisotopic (exact) mass is 218 g/mol. The molecule has 2 N–H and O–H groups in total. The van der Waals surface area contributed by atoms with E-state index in [-0.39, 0.29) is 6.04 Å². The number of hydrogen-bond donors (Lipinski definition) is 2. The van der Waals surface area contributed by atoms with Gasteiger partial charge in [0.1, 0.15) is 5.60 Å². The van der Waals surface area contributed by atoms with E-state index in [4.69, 9.17) is 5.26 Å². The molecule has 86 valence electrons. The van der Waals surface area contributed by atoms with E-state index in [0.29, 0.717) is 5.56 Å². The third kappa shape index (κ3) is 2.60. The van der Waals surface area contributed by atoms with Crippen LogP contribution in [0.4, 0.5) is 0 Å². The smallest absolute Gasteiger partial charge is 0.102 e. The predicted molar refractivity (Wildman–Crippen MR) is 63.9 cm³/mol. The molecule has 3 heteroatoms. The van der Waals surface area contributed by atoms with Crippen molar-refractivity contribution in [2.75, 3.05) is 6.54 Å². The van der Waals surface area contributed by atoms with Crippen molar-refractivity contribution in [3.05, 3.63) is 35.4 Å². The van der Waals surface area contributed by atoms with Crippen LogP contribution in [-0.4, -0.2) is 17.7 Å². The van der Waals surface area contributed by atoms with Gasteiger partial charge in [0.15, 0.2) is 0 Å². The molecule has 0 amide bonds. The zero-order valence-electron chi connectivity index (χ0n) is 9.99. The van der Waals surface area contributed by atoms with Crippen LogP contribution in [-0.2, 0) is 5.60 Å². The Bertz CT molecular complexity index is 376. The molecule has 0 saturated heterocycles. The molecule has 3 nitrogen and oxygen atoms in total. The van der Waals surface area contributed by atoms with Crippen molar-refractivity contribution < 1.29 is 5.11 Å². The van der Waals surface area contributed by atoms with Gasteiger partial charge in [0.2, 0.25) is 0 Å². The minimum absolute atomic E-state index is 0.0366. The fraction of sp³-hybridized carbons (Fsp3) is 0.462. The van der Waals surface area contributed by atoms with Gasteiger partial charge in [-0.3, -0.25) is 0 Å². The average Bonchev–Trinajstić information content (AvgIpc) is 2.29. The van der Waals surface area contributed by atoms with E-state index in [0.717, 1.165) is 12.1 Å². The van der Waals surface area contributed by atoms with E-state index in [2.05, 4.69) is 11.4 Å². The summed E-state index contributed by atoms with van der Waals surface area (Å²) in [7, 11) is 0. The highest BCUT2D eigenvalue weighted by molar-refractivity contribution is 5.34. The second-order valence-corrected chi connectivity index (χ2v) is 4.12. The molecule has 0 saturated carbocycles. The Morgan fingerprint density at radius 1 is 1.44 bits per heavy atom. The molecule has 2 unspecified atom stereocenters. The van der Waals surface area contributed by atoms with E-state index < -0.39 is 5.60 Å². The molecule has 2 atom stereocenters. The Morgan fingerprint density at radius 2 is 2.00 bits per heavy atom. The summed E-state index contributed by atoms with van der Waals surface area (Å²) >= 11 is 0. The lowest BCUT2D eigenvalue weighted by atomic mass is 9.88. The van der Waals surface area contributed by atoms with Crippen LogP contribution in [0.1, 0.15) is 31.9 Å². The molecule has 0 heterocycles. The SMILES string of the molecule is CCNC(C)C(C)(O)c1ccc(C#N)cc1. The Morgan fingerprint density at radius 3 is 2.44 bits per heavy atom. The van der Waals surface area contributed by atoms with Gasteiger partial charge < -0.3 is 10.4 Å². The second kappa shape index (κ2) is 5.11. The molecule has 0 radical (unpaired) electrons. The second-order valence-electron chi connectivity index (χ2n) is 4.12. The largest absolute Gasteiger partial charge is 0.384 e. The minimum Gasteiger partial charge on any atom is -0.384 e. The lowest BCUT2D eigenvalue weighted by Crippen LogP contribution is -2.44. The zero-order valence-corrected chi connectivity index (χ0v) is 9.99. The number of nitriles is 1. The lowest BCUT2D eigenvalue weighted by Gasteiger charge is -2.31. The van der Waals surface area contributed by atoms with Crippen molar-refractivity contribution in [3.63, 3.8) is 0 Å². The summed E-state index contributed by atoms with van der Waals surface area (Å²) in [4.78, 5) is 0. The fourth-order valence-corrected chi connectivity index (χ4v) is 1.64. The van der Waals surface area contributed by atoms with Crippen molar-refractivity contribution in [2.24, 2.45) is 0 Å². The summed E-state index contributed by atoms with van der Waals surface area (Å²) < 4.78 is 0. The lowest BCUT2D eigenvalue weighted by molar-refractivity contribution is 0.0221. The van der Waals surface area contributed by atoms with Gasteiger partial charge in [0.25, 0.3) is 0 Å². The number of aliphatic hydroxyl groups is 1. The Balaban J connectivity index is 2.93. The summed E-state index contributed by atoms with van der Waals surface area (Å²) in [5, 5.41) is 22.3. The summed E-state index contributed by atoms with van der Waals surface area (Å²) in [6.07, 6.45) is 0. The van der Waals surface area contributed by atoms with E-state index in [9.17, 15) is 5.11 Å². The van der Waals surface area contributed by atoms with Gasteiger partial charge in [-0.1, -0.05) is 19.1 Å². The van der Waals surface area contributed by atoms with Gasteiger partial charge in [-0.05, 0) is 38.1 Å². The maximum atomic E-state index is 10.4. The van der Waals surface area contributed by atoms with E-state index in [1.165, 1.54) is 0 Å². The number of nitrogens with one attached hydrogen (secondary N) is 1. The molecule has 0 bridgehead atoms. The van der Waals surface area contributed by atoms with E-state index in [1.54, 1.807) is 31.2 Å². The third-order valence-corrected chi connectivity index (χ3v) is 2.95. The summed E-state index contributed by atoms with van der Waals surface area (Å²) in [5.41, 5.74) is 0.500. The maximum absolute atomic E-state index is 10.4. The van der Waals surface area contributed by atoms with Gasteiger partial charge in [-0.2, -0.15) is 5.26 Å². The van der Waals surface area contributed by atoms with Crippen LogP contribution < -0.4 is 5.32 Å².